The van der Waals surface area contributed by atoms with Gasteiger partial charge < -0.3 is 4.90 Å². The summed E-state index contributed by atoms with van der Waals surface area (Å²) in [6, 6.07) is 14.4. The average Bonchev–Trinajstić information content (AvgIpc) is 2.50. The third-order valence-electron chi connectivity index (χ3n) is 3.67. The van der Waals surface area contributed by atoms with E-state index in [1.54, 1.807) is 29.2 Å². The van der Waals surface area contributed by atoms with Crippen molar-refractivity contribution in [2.45, 2.75) is 6.42 Å². The van der Waals surface area contributed by atoms with Gasteiger partial charge in [-0.15, -0.1) is 0 Å². The summed E-state index contributed by atoms with van der Waals surface area (Å²) in [6.07, 6.45) is 0.782. The van der Waals surface area contributed by atoms with Crippen LogP contribution >= 0.6 is 11.6 Å². The van der Waals surface area contributed by atoms with Crippen molar-refractivity contribution in [2.24, 2.45) is 0 Å². The van der Waals surface area contributed by atoms with E-state index in [4.69, 9.17) is 11.6 Å². The van der Waals surface area contributed by atoms with Gasteiger partial charge in [-0.2, -0.15) is 0 Å². The Morgan fingerprint density at radius 3 is 2.76 bits per heavy atom. The Balaban J connectivity index is 1.78. The minimum Gasteiger partial charge on any atom is -0.331 e. The number of halogens is 1. The summed E-state index contributed by atoms with van der Waals surface area (Å²) < 4.78 is 0. The van der Waals surface area contributed by atoms with E-state index in [0.29, 0.717) is 22.7 Å². The maximum atomic E-state index is 12.4. The molecule has 0 fully saturated rings. The van der Waals surface area contributed by atoms with Gasteiger partial charge >= 0.3 is 0 Å². The van der Waals surface area contributed by atoms with Crippen molar-refractivity contribution in [3.63, 3.8) is 0 Å². The molecule has 0 aromatic heterocycles. The van der Waals surface area contributed by atoms with Gasteiger partial charge in [0.25, 0.3) is 5.91 Å². The predicted molar refractivity (Wildman–Crippen MR) is 81.8 cm³/mol. The standard InChI is InChI=1S/C17H14ClNO2/c18-14-6-3-5-13(10-14)16(20)11-19-9-8-12-4-1-2-7-15(12)17(19)21/h1-7,10H,8-9,11H2. The molecule has 0 radical (unpaired) electrons. The van der Waals surface area contributed by atoms with Crippen LogP contribution in [-0.2, 0) is 6.42 Å². The second kappa shape index (κ2) is 5.70. The highest BCUT2D eigenvalue weighted by Gasteiger charge is 2.25. The third kappa shape index (κ3) is 2.83. The first kappa shape index (κ1) is 13.8. The molecule has 0 atom stereocenters. The van der Waals surface area contributed by atoms with Gasteiger partial charge in [-0.25, -0.2) is 0 Å². The van der Waals surface area contributed by atoms with Crippen molar-refractivity contribution < 1.29 is 9.59 Å². The third-order valence-corrected chi connectivity index (χ3v) is 3.90. The summed E-state index contributed by atoms with van der Waals surface area (Å²) in [5.41, 5.74) is 2.28. The summed E-state index contributed by atoms with van der Waals surface area (Å²) >= 11 is 5.89. The van der Waals surface area contributed by atoms with Gasteiger partial charge in [0.05, 0.1) is 6.54 Å². The van der Waals surface area contributed by atoms with Crippen molar-refractivity contribution in [2.75, 3.05) is 13.1 Å². The van der Waals surface area contributed by atoms with Gasteiger partial charge in [0.2, 0.25) is 0 Å². The SMILES string of the molecule is O=C(CN1CCc2ccccc2C1=O)c1cccc(Cl)c1. The molecular weight excluding hydrogens is 286 g/mol. The second-order valence-corrected chi connectivity index (χ2v) is 5.50. The molecule has 0 saturated carbocycles. The number of Topliss-reactive ketones (excluding diaryl/α,β-unsaturated/α-hetero) is 1. The molecular formula is C17H14ClNO2. The molecule has 1 heterocycles. The van der Waals surface area contributed by atoms with E-state index in [1.807, 2.05) is 24.3 Å². The molecule has 1 aliphatic heterocycles. The van der Waals surface area contributed by atoms with Crippen LogP contribution in [0.1, 0.15) is 26.3 Å². The highest BCUT2D eigenvalue weighted by Crippen LogP contribution is 2.19. The number of nitrogens with zero attached hydrogens (tertiary/aromatic N) is 1. The van der Waals surface area contributed by atoms with Crippen molar-refractivity contribution in [1.29, 1.82) is 0 Å². The molecule has 0 spiro atoms. The van der Waals surface area contributed by atoms with Crippen LogP contribution in [0.15, 0.2) is 48.5 Å². The average molecular weight is 300 g/mol. The van der Waals surface area contributed by atoms with Gasteiger partial charge in [0.15, 0.2) is 5.78 Å². The summed E-state index contributed by atoms with van der Waals surface area (Å²) in [5, 5.41) is 0.524. The van der Waals surface area contributed by atoms with Gasteiger partial charge in [0, 0.05) is 22.7 Å². The lowest BCUT2D eigenvalue weighted by Crippen LogP contribution is -2.40. The number of ketones is 1. The second-order valence-electron chi connectivity index (χ2n) is 5.07. The Kier molecular flexibility index (Phi) is 3.76. The Morgan fingerprint density at radius 1 is 1.14 bits per heavy atom. The molecule has 2 aromatic carbocycles. The van der Waals surface area contributed by atoms with Crippen LogP contribution in [0.5, 0.6) is 0 Å². The number of amides is 1. The zero-order chi connectivity index (χ0) is 14.8. The van der Waals surface area contributed by atoms with E-state index in [2.05, 4.69) is 0 Å². The lowest BCUT2D eigenvalue weighted by Gasteiger charge is -2.28. The molecule has 0 bridgehead atoms. The lowest BCUT2D eigenvalue weighted by atomic mass is 9.98. The first-order chi connectivity index (χ1) is 10.1. The smallest absolute Gasteiger partial charge is 0.254 e. The van der Waals surface area contributed by atoms with Crippen LogP contribution in [0.3, 0.4) is 0 Å². The molecule has 4 heteroatoms. The zero-order valence-corrected chi connectivity index (χ0v) is 12.1. The number of hydrogen-bond donors (Lipinski definition) is 0. The maximum absolute atomic E-state index is 12.4. The number of fused-ring (bicyclic) bond motifs is 1. The van der Waals surface area contributed by atoms with Gasteiger partial charge in [-0.3, -0.25) is 9.59 Å². The highest BCUT2D eigenvalue weighted by molar-refractivity contribution is 6.31. The van der Waals surface area contributed by atoms with Crippen molar-refractivity contribution in [1.82, 2.24) is 4.90 Å². The monoisotopic (exact) mass is 299 g/mol. The van der Waals surface area contributed by atoms with Gasteiger partial charge in [0.1, 0.15) is 0 Å². The molecule has 106 valence electrons. The van der Waals surface area contributed by atoms with E-state index in [1.165, 1.54) is 0 Å². The van der Waals surface area contributed by atoms with E-state index in [9.17, 15) is 9.59 Å². The molecule has 3 rings (SSSR count). The molecule has 0 aliphatic carbocycles. The largest absolute Gasteiger partial charge is 0.331 e. The van der Waals surface area contributed by atoms with Crippen LogP contribution in [0.25, 0.3) is 0 Å². The van der Waals surface area contributed by atoms with E-state index in [0.717, 1.165) is 12.0 Å². The Morgan fingerprint density at radius 2 is 1.95 bits per heavy atom. The Labute approximate surface area is 128 Å². The number of benzene rings is 2. The van der Waals surface area contributed by atoms with E-state index in [-0.39, 0.29) is 18.2 Å². The molecule has 0 unspecified atom stereocenters. The van der Waals surface area contributed by atoms with Crippen LogP contribution < -0.4 is 0 Å². The summed E-state index contributed by atoms with van der Waals surface area (Å²) in [5.74, 6) is -0.169. The predicted octanol–water partition coefficient (Wildman–Crippen LogP) is 3.22. The molecule has 3 nitrogen and oxygen atoms in total. The summed E-state index contributed by atoms with van der Waals surface area (Å²) in [7, 11) is 0. The van der Waals surface area contributed by atoms with Crippen molar-refractivity contribution in [3.8, 4) is 0 Å². The Hall–Kier alpha value is -2.13. The molecule has 1 aliphatic rings. The fourth-order valence-corrected chi connectivity index (χ4v) is 2.74. The van der Waals surface area contributed by atoms with Crippen LogP contribution in [-0.4, -0.2) is 29.7 Å². The van der Waals surface area contributed by atoms with Crippen molar-refractivity contribution in [3.05, 3.63) is 70.2 Å². The number of carbonyl (C=O) groups excluding carboxylic acids is 2. The lowest BCUT2D eigenvalue weighted by molar-refractivity contribution is 0.0696. The Bertz CT molecular complexity index is 711. The number of rotatable bonds is 3. The first-order valence-corrected chi connectivity index (χ1v) is 7.19. The zero-order valence-electron chi connectivity index (χ0n) is 11.4. The van der Waals surface area contributed by atoms with E-state index < -0.39 is 0 Å². The maximum Gasteiger partial charge on any atom is 0.254 e. The highest BCUT2D eigenvalue weighted by atomic mass is 35.5. The molecule has 0 N–H and O–H groups in total. The van der Waals surface area contributed by atoms with Gasteiger partial charge in [-0.1, -0.05) is 41.9 Å². The fraction of sp³-hybridized carbons (Fsp3) is 0.176. The van der Waals surface area contributed by atoms with Crippen LogP contribution in [0, 0.1) is 0 Å². The topological polar surface area (TPSA) is 37.4 Å². The van der Waals surface area contributed by atoms with Crippen molar-refractivity contribution >= 4 is 23.3 Å². The van der Waals surface area contributed by atoms with E-state index >= 15 is 0 Å². The number of hydrogen-bond acceptors (Lipinski definition) is 2. The minimum atomic E-state index is -0.0924. The number of carbonyl (C=O) groups is 2. The first-order valence-electron chi connectivity index (χ1n) is 6.81. The van der Waals surface area contributed by atoms with Crippen LogP contribution in [0.2, 0.25) is 5.02 Å². The van der Waals surface area contributed by atoms with Crippen LogP contribution in [0.4, 0.5) is 0 Å². The van der Waals surface area contributed by atoms with Gasteiger partial charge in [-0.05, 0) is 30.2 Å². The minimum absolute atomic E-state index is 0.0766. The molecule has 21 heavy (non-hydrogen) atoms. The fourth-order valence-electron chi connectivity index (χ4n) is 2.55. The molecule has 2 aromatic rings. The summed E-state index contributed by atoms with van der Waals surface area (Å²) in [6.45, 7) is 0.662. The summed E-state index contributed by atoms with van der Waals surface area (Å²) in [4.78, 5) is 26.3. The quantitative estimate of drug-likeness (QED) is 0.816. The molecule has 1 amide bonds. The normalized spacial score (nSPS) is 14.0. The molecule has 0 saturated heterocycles.